The van der Waals surface area contributed by atoms with Crippen molar-refractivity contribution in [1.82, 2.24) is 5.32 Å². The van der Waals surface area contributed by atoms with Crippen molar-refractivity contribution in [1.29, 1.82) is 0 Å². The number of hydrogen-bond donors (Lipinski definition) is 2. The van der Waals surface area contributed by atoms with Gasteiger partial charge in [-0.05, 0) is 5.56 Å². The highest BCUT2D eigenvalue weighted by molar-refractivity contribution is 5.23. The lowest BCUT2D eigenvalue weighted by atomic mass is 9.74. The van der Waals surface area contributed by atoms with E-state index in [2.05, 4.69) is 31.3 Å². The molecule has 2 heteroatoms. The summed E-state index contributed by atoms with van der Waals surface area (Å²) in [6, 6.07) is 10.3. The molecule has 2 nitrogen and oxygen atoms in total. The molecule has 1 aliphatic heterocycles. The van der Waals surface area contributed by atoms with Crippen LogP contribution < -0.4 is 5.32 Å². The average molecular weight is 205 g/mol. The van der Waals surface area contributed by atoms with E-state index in [1.807, 2.05) is 18.2 Å². The summed E-state index contributed by atoms with van der Waals surface area (Å²) in [5.74, 6) is 0.218. The summed E-state index contributed by atoms with van der Waals surface area (Å²) in [6.07, 6.45) is -0.263. The van der Waals surface area contributed by atoms with Crippen LogP contribution in [0.5, 0.6) is 0 Å². The standard InChI is InChI=1S/C13H19NO/c1-13(2)9-14-8-11(12(13)15)10-6-4-3-5-7-10/h3-7,11-12,14-15H,8-9H2,1-2H3. The first kappa shape index (κ1) is 10.7. The number of hydrogen-bond acceptors (Lipinski definition) is 2. The molecule has 2 rings (SSSR count). The first-order chi connectivity index (χ1) is 7.11. The maximum absolute atomic E-state index is 10.3. The highest BCUT2D eigenvalue weighted by Crippen LogP contribution is 2.34. The van der Waals surface area contributed by atoms with Crippen molar-refractivity contribution < 1.29 is 5.11 Å². The summed E-state index contributed by atoms with van der Waals surface area (Å²) in [5.41, 5.74) is 1.18. The molecule has 0 spiro atoms. The first-order valence-corrected chi connectivity index (χ1v) is 5.55. The summed E-state index contributed by atoms with van der Waals surface area (Å²) < 4.78 is 0. The number of aliphatic hydroxyl groups excluding tert-OH is 1. The van der Waals surface area contributed by atoms with E-state index in [1.165, 1.54) is 5.56 Å². The smallest absolute Gasteiger partial charge is 0.0683 e. The second-order valence-electron chi connectivity index (χ2n) is 5.08. The Morgan fingerprint density at radius 2 is 1.93 bits per heavy atom. The fourth-order valence-corrected chi connectivity index (χ4v) is 2.31. The molecule has 2 unspecified atom stereocenters. The fourth-order valence-electron chi connectivity index (χ4n) is 2.31. The average Bonchev–Trinajstić information content (AvgIpc) is 2.23. The van der Waals surface area contributed by atoms with Crippen molar-refractivity contribution in [2.45, 2.75) is 25.9 Å². The van der Waals surface area contributed by atoms with Crippen LogP contribution in [-0.4, -0.2) is 24.3 Å². The molecule has 1 aromatic rings. The van der Waals surface area contributed by atoms with Gasteiger partial charge in [0, 0.05) is 24.4 Å². The molecule has 1 fully saturated rings. The van der Waals surface area contributed by atoms with E-state index in [1.54, 1.807) is 0 Å². The molecule has 0 amide bonds. The van der Waals surface area contributed by atoms with E-state index >= 15 is 0 Å². The van der Waals surface area contributed by atoms with E-state index < -0.39 is 0 Å². The van der Waals surface area contributed by atoms with Gasteiger partial charge in [-0.2, -0.15) is 0 Å². The largest absolute Gasteiger partial charge is 0.392 e. The molecule has 1 aromatic carbocycles. The molecule has 0 aliphatic carbocycles. The molecule has 0 saturated carbocycles. The van der Waals surface area contributed by atoms with Crippen molar-refractivity contribution in [2.24, 2.45) is 5.41 Å². The third kappa shape index (κ3) is 2.06. The Labute approximate surface area is 91.3 Å². The number of rotatable bonds is 1. The predicted octanol–water partition coefficient (Wildman–Crippen LogP) is 1.76. The Bertz CT molecular complexity index is 321. The molecular formula is C13H19NO. The van der Waals surface area contributed by atoms with Crippen LogP contribution in [0.3, 0.4) is 0 Å². The van der Waals surface area contributed by atoms with Crippen molar-refractivity contribution in [3.05, 3.63) is 35.9 Å². The minimum absolute atomic E-state index is 0.0429. The zero-order valence-corrected chi connectivity index (χ0v) is 9.40. The minimum atomic E-state index is -0.263. The van der Waals surface area contributed by atoms with Crippen molar-refractivity contribution in [3.63, 3.8) is 0 Å². The van der Waals surface area contributed by atoms with Crippen LogP contribution in [0.15, 0.2) is 30.3 Å². The molecule has 1 aliphatic rings. The molecule has 1 heterocycles. The SMILES string of the molecule is CC1(C)CNCC(c2ccccc2)C1O. The second-order valence-corrected chi connectivity index (χ2v) is 5.08. The maximum Gasteiger partial charge on any atom is 0.0683 e. The molecule has 0 radical (unpaired) electrons. The molecule has 82 valence electrons. The molecule has 0 bridgehead atoms. The third-order valence-electron chi connectivity index (χ3n) is 3.35. The van der Waals surface area contributed by atoms with Gasteiger partial charge in [-0.3, -0.25) is 0 Å². The normalized spacial score (nSPS) is 30.1. The molecule has 0 aromatic heterocycles. The van der Waals surface area contributed by atoms with Gasteiger partial charge in [0.1, 0.15) is 0 Å². The van der Waals surface area contributed by atoms with Crippen molar-refractivity contribution in [2.75, 3.05) is 13.1 Å². The van der Waals surface area contributed by atoms with Crippen LogP contribution in [0.2, 0.25) is 0 Å². The van der Waals surface area contributed by atoms with Crippen LogP contribution >= 0.6 is 0 Å². The van der Waals surface area contributed by atoms with E-state index in [4.69, 9.17) is 0 Å². The fraction of sp³-hybridized carbons (Fsp3) is 0.538. The van der Waals surface area contributed by atoms with Gasteiger partial charge >= 0.3 is 0 Å². The lowest BCUT2D eigenvalue weighted by Gasteiger charge is -2.41. The number of benzene rings is 1. The van der Waals surface area contributed by atoms with Gasteiger partial charge in [0.25, 0.3) is 0 Å². The van der Waals surface area contributed by atoms with Crippen LogP contribution in [-0.2, 0) is 0 Å². The summed E-state index contributed by atoms with van der Waals surface area (Å²) in [6.45, 7) is 5.98. The summed E-state index contributed by atoms with van der Waals surface area (Å²) in [7, 11) is 0. The van der Waals surface area contributed by atoms with Crippen molar-refractivity contribution >= 4 is 0 Å². The lowest BCUT2D eigenvalue weighted by Crippen LogP contribution is -2.50. The zero-order valence-electron chi connectivity index (χ0n) is 9.40. The predicted molar refractivity (Wildman–Crippen MR) is 61.8 cm³/mol. The van der Waals surface area contributed by atoms with Crippen LogP contribution in [0.4, 0.5) is 0 Å². The van der Waals surface area contributed by atoms with E-state index in [0.717, 1.165) is 13.1 Å². The zero-order chi connectivity index (χ0) is 10.9. The van der Waals surface area contributed by atoms with E-state index in [-0.39, 0.29) is 17.4 Å². The number of aliphatic hydroxyl groups is 1. The quantitative estimate of drug-likeness (QED) is 0.732. The van der Waals surface area contributed by atoms with Gasteiger partial charge in [0.15, 0.2) is 0 Å². The van der Waals surface area contributed by atoms with Gasteiger partial charge in [-0.1, -0.05) is 44.2 Å². The van der Waals surface area contributed by atoms with Crippen molar-refractivity contribution in [3.8, 4) is 0 Å². The van der Waals surface area contributed by atoms with Gasteiger partial charge in [0.05, 0.1) is 6.10 Å². The Hall–Kier alpha value is -0.860. The number of nitrogens with one attached hydrogen (secondary N) is 1. The van der Waals surface area contributed by atoms with Gasteiger partial charge in [0.2, 0.25) is 0 Å². The monoisotopic (exact) mass is 205 g/mol. The third-order valence-corrected chi connectivity index (χ3v) is 3.35. The summed E-state index contributed by atoms with van der Waals surface area (Å²) in [4.78, 5) is 0. The Morgan fingerprint density at radius 3 is 2.60 bits per heavy atom. The van der Waals surface area contributed by atoms with E-state index in [0.29, 0.717) is 0 Å². The Balaban J connectivity index is 2.23. The maximum atomic E-state index is 10.3. The topological polar surface area (TPSA) is 32.3 Å². The highest BCUT2D eigenvalue weighted by atomic mass is 16.3. The summed E-state index contributed by atoms with van der Waals surface area (Å²) in [5, 5.41) is 13.7. The molecule has 1 saturated heterocycles. The van der Waals surface area contributed by atoms with Gasteiger partial charge in [-0.25, -0.2) is 0 Å². The molecule has 2 atom stereocenters. The Morgan fingerprint density at radius 1 is 1.27 bits per heavy atom. The molecule has 15 heavy (non-hydrogen) atoms. The van der Waals surface area contributed by atoms with Gasteiger partial charge in [-0.15, -0.1) is 0 Å². The summed E-state index contributed by atoms with van der Waals surface area (Å²) >= 11 is 0. The first-order valence-electron chi connectivity index (χ1n) is 5.55. The lowest BCUT2D eigenvalue weighted by molar-refractivity contribution is 0.00625. The van der Waals surface area contributed by atoms with E-state index in [9.17, 15) is 5.11 Å². The molecular weight excluding hydrogens is 186 g/mol. The minimum Gasteiger partial charge on any atom is -0.392 e. The van der Waals surface area contributed by atoms with Gasteiger partial charge < -0.3 is 10.4 Å². The Kier molecular flexibility index (Phi) is 2.81. The second kappa shape index (κ2) is 3.95. The van der Waals surface area contributed by atoms with Crippen LogP contribution in [0.1, 0.15) is 25.3 Å². The number of piperidine rings is 1. The van der Waals surface area contributed by atoms with Crippen LogP contribution in [0, 0.1) is 5.41 Å². The van der Waals surface area contributed by atoms with Crippen LogP contribution in [0.25, 0.3) is 0 Å². The molecule has 2 N–H and O–H groups in total. The highest BCUT2D eigenvalue weighted by Gasteiger charge is 2.38.